The minimum atomic E-state index is -3.40. The molecular weight excluding hydrogens is 522 g/mol. The van der Waals surface area contributed by atoms with Gasteiger partial charge in [0.25, 0.3) is 0 Å². The predicted molar refractivity (Wildman–Crippen MR) is 161 cm³/mol. The number of hydrogen-bond donors (Lipinski definition) is 4. The molecule has 4 rings (SSSR count). The van der Waals surface area contributed by atoms with Gasteiger partial charge in [-0.05, 0) is 87.1 Å². The molecule has 0 aliphatic heterocycles. The van der Waals surface area contributed by atoms with Crippen molar-refractivity contribution >= 4 is 15.9 Å². The highest BCUT2D eigenvalue weighted by Crippen LogP contribution is 2.42. The number of carbonyl (C=O) groups excluding carboxylic acids is 1. The normalized spacial score (nSPS) is 30.5. The van der Waals surface area contributed by atoms with Crippen LogP contribution in [0.5, 0.6) is 0 Å². The Morgan fingerprint density at radius 3 is 2.38 bits per heavy atom. The van der Waals surface area contributed by atoms with Gasteiger partial charge in [0.05, 0.1) is 17.4 Å². The number of benzene rings is 1. The topological polar surface area (TPSA) is 108 Å². The zero-order chi connectivity index (χ0) is 28.7. The minimum absolute atomic E-state index is 0.00853. The fourth-order valence-corrected chi connectivity index (χ4v) is 8.98. The van der Waals surface area contributed by atoms with Crippen LogP contribution in [-0.2, 0) is 21.2 Å². The molecule has 2 unspecified atom stereocenters. The van der Waals surface area contributed by atoms with E-state index in [2.05, 4.69) is 29.2 Å². The summed E-state index contributed by atoms with van der Waals surface area (Å²) in [5.74, 6) is 1.18. The van der Waals surface area contributed by atoms with Gasteiger partial charge in [-0.25, -0.2) is 13.1 Å². The van der Waals surface area contributed by atoms with Crippen molar-refractivity contribution in [1.29, 1.82) is 0 Å². The van der Waals surface area contributed by atoms with E-state index in [1.165, 1.54) is 12.8 Å². The Kier molecular flexibility index (Phi) is 11.5. The van der Waals surface area contributed by atoms with Crippen molar-refractivity contribution < 1.29 is 18.3 Å². The van der Waals surface area contributed by atoms with Gasteiger partial charge in [-0.15, -0.1) is 0 Å². The molecule has 0 bridgehead atoms. The summed E-state index contributed by atoms with van der Waals surface area (Å²) in [7, 11) is -3.40. The van der Waals surface area contributed by atoms with Crippen molar-refractivity contribution in [2.75, 3.05) is 13.1 Å². The van der Waals surface area contributed by atoms with Gasteiger partial charge in [0, 0.05) is 18.5 Å². The zero-order valence-electron chi connectivity index (χ0n) is 24.9. The molecule has 7 nitrogen and oxygen atoms in total. The molecule has 3 fully saturated rings. The summed E-state index contributed by atoms with van der Waals surface area (Å²) in [5, 5.41) is 17.3. The van der Waals surface area contributed by atoms with E-state index in [9.17, 15) is 18.3 Å². The molecule has 1 aromatic rings. The lowest BCUT2D eigenvalue weighted by Crippen LogP contribution is -2.48. The summed E-state index contributed by atoms with van der Waals surface area (Å²) in [4.78, 5) is 13.7. The van der Waals surface area contributed by atoms with Crippen LogP contribution in [0.15, 0.2) is 30.3 Å². The Hall–Kier alpha value is -1.48. The van der Waals surface area contributed by atoms with Gasteiger partial charge in [-0.2, -0.15) is 0 Å². The van der Waals surface area contributed by atoms with E-state index in [1.54, 1.807) is 0 Å². The van der Waals surface area contributed by atoms with Gasteiger partial charge in [0.15, 0.2) is 0 Å². The highest BCUT2D eigenvalue weighted by molar-refractivity contribution is 7.90. The van der Waals surface area contributed by atoms with Gasteiger partial charge in [-0.1, -0.05) is 70.4 Å². The summed E-state index contributed by atoms with van der Waals surface area (Å²) >= 11 is 0. The minimum Gasteiger partial charge on any atom is -0.391 e. The van der Waals surface area contributed by atoms with Crippen molar-refractivity contribution in [3.63, 3.8) is 0 Å². The summed E-state index contributed by atoms with van der Waals surface area (Å²) in [6, 6.07) is 10.3. The third-order valence-corrected chi connectivity index (χ3v) is 11.6. The number of fused-ring (bicyclic) bond motifs is 1. The molecule has 1 amide bonds. The van der Waals surface area contributed by atoms with Crippen LogP contribution in [0.1, 0.15) is 90.5 Å². The molecular formula is C32H53N3O4S. The zero-order valence-corrected chi connectivity index (χ0v) is 25.7. The standard InChI is InChI=1S/C32H53N3O4S/c1-22(2)20-33-27-13-15-28(16-14-27)40(38,39)34-21-23(3)17-26(18-24-9-5-4-6-10-24)32(37)35-31-29-12-8-7-11-25(29)19-30(31)36/h4-6,9-10,22-23,25-31,33-34,36H,7-8,11-21H2,1-3H3,(H,35,37)/t23-,25?,26-,27?,28?,29?,30+,31-/m0/s1. The number of amides is 1. The SMILES string of the molecule is CC(C)CNC1CCC(S(=O)(=O)NC[C@@H](C)C[C@@H](Cc2ccccc2)C(=O)N[C@H]2C3CCCCC3C[C@H]2O)CC1. The van der Waals surface area contributed by atoms with E-state index in [4.69, 9.17) is 0 Å². The maximum atomic E-state index is 13.7. The molecule has 226 valence electrons. The van der Waals surface area contributed by atoms with Gasteiger partial charge in [0.2, 0.25) is 15.9 Å². The van der Waals surface area contributed by atoms with Crippen LogP contribution in [0, 0.1) is 29.6 Å². The van der Waals surface area contributed by atoms with Gasteiger partial charge in [0.1, 0.15) is 0 Å². The van der Waals surface area contributed by atoms with Crippen molar-refractivity contribution in [3.8, 4) is 0 Å². The molecule has 3 aliphatic rings. The molecule has 3 aliphatic carbocycles. The molecule has 0 heterocycles. The number of hydrogen-bond acceptors (Lipinski definition) is 5. The highest BCUT2D eigenvalue weighted by Gasteiger charge is 2.44. The number of carbonyl (C=O) groups is 1. The largest absolute Gasteiger partial charge is 0.391 e. The van der Waals surface area contributed by atoms with E-state index < -0.39 is 16.1 Å². The van der Waals surface area contributed by atoms with Gasteiger partial charge >= 0.3 is 0 Å². The summed E-state index contributed by atoms with van der Waals surface area (Å²) < 4.78 is 29.2. The molecule has 4 N–H and O–H groups in total. The quantitative estimate of drug-likeness (QED) is 0.279. The molecule has 0 spiro atoms. The van der Waals surface area contributed by atoms with Crippen molar-refractivity contribution in [1.82, 2.24) is 15.4 Å². The van der Waals surface area contributed by atoms with Crippen LogP contribution in [0.4, 0.5) is 0 Å². The molecule has 0 aromatic heterocycles. The monoisotopic (exact) mass is 575 g/mol. The second-order valence-electron chi connectivity index (χ2n) is 13.4. The Bertz CT molecular complexity index is 1030. The van der Waals surface area contributed by atoms with Crippen LogP contribution >= 0.6 is 0 Å². The fraction of sp³-hybridized carbons (Fsp3) is 0.781. The van der Waals surface area contributed by atoms with Crippen LogP contribution < -0.4 is 15.4 Å². The Morgan fingerprint density at radius 1 is 0.975 bits per heavy atom. The second kappa shape index (κ2) is 14.6. The highest BCUT2D eigenvalue weighted by atomic mass is 32.2. The smallest absolute Gasteiger partial charge is 0.223 e. The fourth-order valence-electron chi connectivity index (χ4n) is 7.34. The van der Waals surface area contributed by atoms with Crippen molar-refractivity contribution in [2.24, 2.45) is 29.6 Å². The van der Waals surface area contributed by atoms with Crippen LogP contribution in [0.2, 0.25) is 0 Å². The maximum absolute atomic E-state index is 13.7. The third kappa shape index (κ3) is 8.76. The first-order valence-electron chi connectivity index (χ1n) is 15.9. The number of aliphatic hydroxyl groups excluding tert-OH is 1. The Morgan fingerprint density at radius 2 is 1.68 bits per heavy atom. The molecule has 0 radical (unpaired) electrons. The average molecular weight is 576 g/mol. The van der Waals surface area contributed by atoms with Crippen LogP contribution in [0.3, 0.4) is 0 Å². The number of rotatable bonds is 13. The van der Waals surface area contributed by atoms with E-state index in [-0.39, 0.29) is 29.0 Å². The summed E-state index contributed by atoms with van der Waals surface area (Å²) in [6.45, 7) is 7.71. The molecule has 1 aromatic carbocycles. The predicted octanol–water partition coefficient (Wildman–Crippen LogP) is 4.40. The molecule has 40 heavy (non-hydrogen) atoms. The van der Waals surface area contributed by atoms with E-state index in [1.807, 2.05) is 37.3 Å². The molecule has 0 saturated heterocycles. The molecule has 8 heteroatoms. The van der Waals surface area contributed by atoms with Crippen LogP contribution in [0.25, 0.3) is 0 Å². The summed E-state index contributed by atoms with van der Waals surface area (Å²) in [6.07, 6.45) is 9.26. The van der Waals surface area contributed by atoms with Crippen molar-refractivity contribution in [3.05, 3.63) is 35.9 Å². The number of nitrogens with one attached hydrogen (secondary N) is 3. The lowest BCUT2D eigenvalue weighted by molar-refractivity contribution is -0.127. The van der Waals surface area contributed by atoms with E-state index in [0.717, 1.165) is 44.2 Å². The van der Waals surface area contributed by atoms with Crippen molar-refractivity contribution in [2.45, 2.75) is 115 Å². The summed E-state index contributed by atoms with van der Waals surface area (Å²) in [5.41, 5.74) is 1.10. The molecule has 6 atom stereocenters. The Balaban J connectivity index is 1.32. The molecule has 3 saturated carbocycles. The maximum Gasteiger partial charge on any atom is 0.223 e. The number of aliphatic hydroxyl groups is 1. The number of sulfonamides is 1. The van der Waals surface area contributed by atoms with E-state index >= 15 is 0 Å². The first-order valence-corrected chi connectivity index (χ1v) is 17.4. The van der Waals surface area contributed by atoms with E-state index in [0.29, 0.717) is 56.0 Å². The lowest BCUT2D eigenvalue weighted by atomic mass is 9.80. The second-order valence-corrected chi connectivity index (χ2v) is 15.5. The van der Waals surface area contributed by atoms with Crippen LogP contribution in [-0.4, -0.2) is 56.0 Å². The first kappa shape index (κ1) is 31.5. The van der Waals surface area contributed by atoms with Gasteiger partial charge in [-0.3, -0.25) is 4.79 Å². The third-order valence-electron chi connectivity index (χ3n) is 9.64. The van der Waals surface area contributed by atoms with Gasteiger partial charge < -0.3 is 15.7 Å². The Labute approximate surface area is 242 Å². The lowest BCUT2D eigenvalue weighted by Gasteiger charge is -2.31. The average Bonchev–Trinajstić information content (AvgIpc) is 3.25. The first-order chi connectivity index (χ1) is 19.1.